The summed E-state index contributed by atoms with van der Waals surface area (Å²) in [4.78, 5) is 8.25. The maximum absolute atomic E-state index is 5.67. The van der Waals surface area contributed by atoms with Crippen LogP contribution in [0, 0.1) is 0 Å². The van der Waals surface area contributed by atoms with Gasteiger partial charge >= 0.3 is 0 Å². The molecule has 0 aliphatic carbocycles. The van der Waals surface area contributed by atoms with E-state index in [1.165, 1.54) is 0 Å². The number of rotatable bonds is 3. The molecule has 78 valence electrons. The van der Waals surface area contributed by atoms with Crippen molar-refractivity contribution in [3.63, 3.8) is 0 Å². The van der Waals surface area contributed by atoms with Gasteiger partial charge in [-0.05, 0) is 24.6 Å². The molecule has 3 N–H and O–H groups in total. The molecule has 2 heterocycles. The molecule has 0 aromatic carbocycles. The first-order valence-corrected chi connectivity index (χ1v) is 4.81. The molecule has 0 saturated heterocycles. The molecule has 0 saturated carbocycles. The summed E-state index contributed by atoms with van der Waals surface area (Å²) < 4.78 is 0. The monoisotopic (exact) mass is 203 g/mol. The Kier molecular flexibility index (Phi) is 2.73. The topological polar surface area (TPSA) is 80.5 Å². The molecule has 2 aromatic heterocycles. The van der Waals surface area contributed by atoms with Gasteiger partial charge in [-0.1, -0.05) is 0 Å². The Balaban J connectivity index is 2.12. The number of aromatic amines is 1. The maximum Gasteiger partial charge on any atom is 0.167 e. The standard InChI is InChI=1S/C10H13N5/c1-7(11)10-13-9(14-15-10)6-8-2-4-12-5-3-8/h2-5,7H,6,11H2,1H3,(H,13,14,15). The fourth-order valence-electron chi connectivity index (χ4n) is 1.29. The minimum absolute atomic E-state index is 0.132. The molecule has 2 rings (SSSR count). The van der Waals surface area contributed by atoms with Crippen molar-refractivity contribution in [2.75, 3.05) is 0 Å². The van der Waals surface area contributed by atoms with Crippen molar-refractivity contribution in [3.8, 4) is 0 Å². The fraction of sp³-hybridized carbons (Fsp3) is 0.300. The van der Waals surface area contributed by atoms with Crippen molar-refractivity contribution < 1.29 is 0 Å². The molecule has 0 amide bonds. The number of aromatic nitrogens is 4. The lowest BCUT2D eigenvalue weighted by Crippen LogP contribution is -2.06. The predicted molar refractivity (Wildman–Crippen MR) is 56.0 cm³/mol. The van der Waals surface area contributed by atoms with E-state index in [9.17, 15) is 0 Å². The van der Waals surface area contributed by atoms with E-state index < -0.39 is 0 Å². The Morgan fingerprint density at radius 2 is 2.13 bits per heavy atom. The number of hydrogen-bond donors (Lipinski definition) is 2. The predicted octanol–water partition coefficient (Wildman–Crippen LogP) is 0.810. The molecule has 0 radical (unpaired) electrons. The van der Waals surface area contributed by atoms with Crippen LogP contribution < -0.4 is 5.73 Å². The van der Waals surface area contributed by atoms with Crippen molar-refractivity contribution in [1.29, 1.82) is 0 Å². The van der Waals surface area contributed by atoms with Gasteiger partial charge in [0.05, 0.1) is 6.04 Å². The van der Waals surface area contributed by atoms with Gasteiger partial charge in [-0.15, -0.1) is 0 Å². The number of pyridine rings is 1. The lowest BCUT2D eigenvalue weighted by atomic mass is 10.2. The van der Waals surface area contributed by atoms with Crippen LogP contribution in [0.4, 0.5) is 0 Å². The summed E-state index contributed by atoms with van der Waals surface area (Å²) in [5.74, 6) is 1.48. The molecule has 0 spiro atoms. The van der Waals surface area contributed by atoms with Crippen LogP contribution in [0.3, 0.4) is 0 Å². The average molecular weight is 203 g/mol. The number of nitrogens with one attached hydrogen (secondary N) is 1. The van der Waals surface area contributed by atoms with E-state index in [1.807, 2.05) is 19.1 Å². The van der Waals surface area contributed by atoms with Gasteiger partial charge in [-0.25, -0.2) is 4.98 Å². The van der Waals surface area contributed by atoms with Gasteiger partial charge in [0.25, 0.3) is 0 Å². The number of H-pyrrole nitrogens is 1. The SMILES string of the molecule is CC(N)c1n[nH]c(Cc2ccncc2)n1. The van der Waals surface area contributed by atoms with Crippen LogP contribution in [-0.2, 0) is 6.42 Å². The van der Waals surface area contributed by atoms with Gasteiger partial charge in [-0.3, -0.25) is 10.1 Å². The minimum Gasteiger partial charge on any atom is -0.321 e. The second kappa shape index (κ2) is 4.18. The molecule has 1 unspecified atom stereocenters. The van der Waals surface area contributed by atoms with Gasteiger partial charge in [0.15, 0.2) is 5.82 Å². The van der Waals surface area contributed by atoms with Crippen molar-refractivity contribution in [2.45, 2.75) is 19.4 Å². The second-order valence-corrected chi connectivity index (χ2v) is 3.46. The minimum atomic E-state index is -0.132. The summed E-state index contributed by atoms with van der Waals surface area (Å²) >= 11 is 0. The average Bonchev–Trinajstić information content (AvgIpc) is 2.68. The number of nitrogens with zero attached hydrogens (tertiary/aromatic N) is 3. The first kappa shape index (κ1) is 9.79. The molecule has 5 heteroatoms. The van der Waals surface area contributed by atoms with Crippen LogP contribution in [0.2, 0.25) is 0 Å². The zero-order chi connectivity index (χ0) is 10.7. The number of nitrogens with two attached hydrogens (primary N) is 1. The highest BCUT2D eigenvalue weighted by Gasteiger charge is 2.07. The quantitative estimate of drug-likeness (QED) is 0.773. The van der Waals surface area contributed by atoms with Crippen molar-refractivity contribution in [2.24, 2.45) is 5.73 Å². The van der Waals surface area contributed by atoms with Gasteiger partial charge in [0.2, 0.25) is 0 Å². The highest BCUT2D eigenvalue weighted by Crippen LogP contribution is 2.06. The normalized spacial score (nSPS) is 12.7. The largest absolute Gasteiger partial charge is 0.321 e. The Hall–Kier alpha value is -1.75. The molecule has 2 aromatic rings. The van der Waals surface area contributed by atoms with Gasteiger partial charge in [0, 0.05) is 18.8 Å². The molecule has 0 aliphatic heterocycles. The third-order valence-electron chi connectivity index (χ3n) is 2.08. The smallest absolute Gasteiger partial charge is 0.167 e. The first-order chi connectivity index (χ1) is 7.25. The Bertz CT molecular complexity index is 420. The summed E-state index contributed by atoms with van der Waals surface area (Å²) in [6, 6.07) is 3.77. The van der Waals surface area contributed by atoms with Crippen molar-refractivity contribution in [1.82, 2.24) is 20.2 Å². The highest BCUT2D eigenvalue weighted by atomic mass is 15.2. The van der Waals surface area contributed by atoms with Crippen LogP contribution >= 0.6 is 0 Å². The summed E-state index contributed by atoms with van der Waals surface area (Å²) in [5.41, 5.74) is 6.82. The zero-order valence-corrected chi connectivity index (χ0v) is 8.51. The second-order valence-electron chi connectivity index (χ2n) is 3.46. The van der Waals surface area contributed by atoms with E-state index in [1.54, 1.807) is 12.4 Å². The van der Waals surface area contributed by atoms with Crippen LogP contribution in [0.25, 0.3) is 0 Å². The molecule has 0 bridgehead atoms. The van der Waals surface area contributed by atoms with Crippen LogP contribution in [0.1, 0.15) is 30.2 Å². The summed E-state index contributed by atoms with van der Waals surface area (Å²) in [5, 5.41) is 6.91. The molecular weight excluding hydrogens is 190 g/mol. The van der Waals surface area contributed by atoms with E-state index in [4.69, 9.17) is 5.73 Å². The lowest BCUT2D eigenvalue weighted by Gasteiger charge is -1.96. The number of hydrogen-bond acceptors (Lipinski definition) is 4. The molecule has 5 nitrogen and oxygen atoms in total. The highest BCUT2D eigenvalue weighted by molar-refractivity contribution is 5.15. The molecule has 0 fully saturated rings. The van der Waals surface area contributed by atoms with E-state index in [0.29, 0.717) is 5.82 Å². The van der Waals surface area contributed by atoms with Crippen LogP contribution in [0.15, 0.2) is 24.5 Å². The first-order valence-electron chi connectivity index (χ1n) is 4.81. The van der Waals surface area contributed by atoms with Crippen LogP contribution in [0.5, 0.6) is 0 Å². The summed E-state index contributed by atoms with van der Waals surface area (Å²) in [7, 11) is 0. The maximum atomic E-state index is 5.67. The molecule has 0 aliphatic rings. The Morgan fingerprint density at radius 1 is 1.40 bits per heavy atom. The van der Waals surface area contributed by atoms with Gasteiger partial charge in [-0.2, -0.15) is 5.10 Å². The Morgan fingerprint density at radius 3 is 2.73 bits per heavy atom. The van der Waals surface area contributed by atoms with Gasteiger partial charge < -0.3 is 5.73 Å². The Labute approximate surface area is 87.8 Å². The molecule has 15 heavy (non-hydrogen) atoms. The third-order valence-corrected chi connectivity index (χ3v) is 2.08. The lowest BCUT2D eigenvalue weighted by molar-refractivity contribution is 0.744. The van der Waals surface area contributed by atoms with E-state index in [0.717, 1.165) is 17.8 Å². The van der Waals surface area contributed by atoms with E-state index in [-0.39, 0.29) is 6.04 Å². The van der Waals surface area contributed by atoms with Crippen LogP contribution in [-0.4, -0.2) is 20.2 Å². The third kappa shape index (κ3) is 2.38. The van der Waals surface area contributed by atoms with Crippen molar-refractivity contribution in [3.05, 3.63) is 41.7 Å². The van der Waals surface area contributed by atoms with E-state index in [2.05, 4.69) is 20.2 Å². The van der Waals surface area contributed by atoms with Gasteiger partial charge in [0.1, 0.15) is 5.82 Å². The van der Waals surface area contributed by atoms with E-state index >= 15 is 0 Å². The van der Waals surface area contributed by atoms with Crippen molar-refractivity contribution >= 4 is 0 Å². The zero-order valence-electron chi connectivity index (χ0n) is 8.51. The molecular formula is C10H13N5. The summed E-state index contributed by atoms with van der Waals surface area (Å²) in [6.07, 6.45) is 4.25. The summed E-state index contributed by atoms with van der Waals surface area (Å²) in [6.45, 7) is 1.86. The fourth-order valence-corrected chi connectivity index (χ4v) is 1.29. The molecule has 1 atom stereocenters.